The number of H-pyrrole nitrogens is 1. The summed E-state index contributed by atoms with van der Waals surface area (Å²) in [7, 11) is 0. The predicted octanol–water partition coefficient (Wildman–Crippen LogP) is -0.301. The van der Waals surface area contributed by atoms with E-state index in [0.29, 0.717) is 0 Å². The molecule has 1 fully saturated rings. The molecule has 1 aromatic rings. The monoisotopic (exact) mass is 240 g/mol. The van der Waals surface area contributed by atoms with E-state index in [0.717, 1.165) is 0 Å². The number of aromatic amines is 1. The van der Waals surface area contributed by atoms with Crippen LogP contribution in [0.4, 0.5) is 0 Å². The van der Waals surface area contributed by atoms with Gasteiger partial charge in [-0.25, -0.2) is 4.79 Å². The van der Waals surface area contributed by atoms with Crippen LogP contribution in [0.2, 0.25) is 0 Å². The largest absolute Gasteiger partial charge is 0.394 e. The average Bonchev–Trinajstić information content (AvgIpc) is 2.57. The second-order valence-corrected chi connectivity index (χ2v) is 4.48. The molecule has 1 aromatic heterocycles. The number of hydrogen-bond donors (Lipinski definition) is 2. The molecule has 1 aliphatic heterocycles. The maximum atomic E-state index is 11.6. The minimum absolute atomic E-state index is 0.0693. The summed E-state index contributed by atoms with van der Waals surface area (Å²) in [4.78, 5) is 24.8. The van der Waals surface area contributed by atoms with E-state index in [1.807, 2.05) is 13.8 Å². The van der Waals surface area contributed by atoms with Gasteiger partial charge in [0.2, 0.25) is 0 Å². The van der Waals surface area contributed by atoms with Crippen molar-refractivity contribution < 1.29 is 9.84 Å². The highest BCUT2D eigenvalue weighted by Crippen LogP contribution is 2.37. The molecule has 0 bridgehead atoms. The minimum atomic E-state index is -0.486. The molecule has 4 atom stereocenters. The number of hydrogen-bond acceptors (Lipinski definition) is 4. The maximum absolute atomic E-state index is 11.6. The van der Waals surface area contributed by atoms with Crippen LogP contribution in [0.15, 0.2) is 21.9 Å². The lowest BCUT2D eigenvalue weighted by Gasteiger charge is -2.18. The van der Waals surface area contributed by atoms with Crippen molar-refractivity contribution in [1.29, 1.82) is 0 Å². The van der Waals surface area contributed by atoms with Gasteiger partial charge in [0.25, 0.3) is 5.56 Å². The Balaban J connectivity index is 2.35. The molecule has 94 valence electrons. The Morgan fingerprint density at radius 1 is 1.41 bits per heavy atom. The molecule has 6 nitrogen and oxygen atoms in total. The molecule has 0 unspecified atom stereocenters. The predicted molar refractivity (Wildman–Crippen MR) is 60.6 cm³/mol. The molecule has 17 heavy (non-hydrogen) atoms. The highest BCUT2D eigenvalue weighted by molar-refractivity contribution is 4.90. The first-order valence-corrected chi connectivity index (χ1v) is 5.62. The smallest absolute Gasteiger partial charge is 0.330 e. The zero-order valence-electron chi connectivity index (χ0n) is 9.79. The Morgan fingerprint density at radius 2 is 2.12 bits per heavy atom. The van der Waals surface area contributed by atoms with Gasteiger partial charge in [0.15, 0.2) is 0 Å². The zero-order valence-corrected chi connectivity index (χ0v) is 9.79. The van der Waals surface area contributed by atoms with Crippen LogP contribution < -0.4 is 11.2 Å². The van der Waals surface area contributed by atoms with Crippen LogP contribution in [0, 0.1) is 11.8 Å². The first kappa shape index (κ1) is 12.1. The molecule has 2 N–H and O–H groups in total. The van der Waals surface area contributed by atoms with Crippen molar-refractivity contribution in [2.75, 3.05) is 6.61 Å². The van der Waals surface area contributed by atoms with Gasteiger partial charge < -0.3 is 9.84 Å². The van der Waals surface area contributed by atoms with E-state index in [4.69, 9.17) is 9.84 Å². The van der Waals surface area contributed by atoms with Crippen LogP contribution in [0.25, 0.3) is 0 Å². The molecule has 0 aromatic carbocycles. The van der Waals surface area contributed by atoms with Crippen molar-refractivity contribution in [3.63, 3.8) is 0 Å². The summed E-state index contributed by atoms with van der Waals surface area (Å²) in [6, 6.07) is 1.29. The molecule has 2 heterocycles. The third-order valence-corrected chi connectivity index (χ3v) is 3.49. The van der Waals surface area contributed by atoms with Gasteiger partial charge in [0, 0.05) is 18.2 Å². The van der Waals surface area contributed by atoms with Crippen LogP contribution >= 0.6 is 0 Å². The van der Waals surface area contributed by atoms with Crippen LogP contribution in [0.1, 0.15) is 20.1 Å². The Labute approximate surface area is 97.9 Å². The first-order valence-electron chi connectivity index (χ1n) is 5.62. The van der Waals surface area contributed by atoms with Crippen LogP contribution in [-0.2, 0) is 4.74 Å². The second kappa shape index (κ2) is 4.46. The highest BCUT2D eigenvalue weighted by atomic mass is 16.5. The Kier molecular flexibility index (Phi) is 3.17. The molecular formula is C11H16N2O4. The zero-order chi connectivity index (χ0) is 12.6. The first-order chi connectivity index (χ1) is 8.04. The fraction of sp³-hybridized carbons (Fsp3) is 0.636. The van der Waals surface area contributed by atoms with Gasteiger partial charge in [-0.3, -0.25) is 14.3 Å². The van der Waals surface area contributed by atoms with E-state index < -0.39 is 17.5 Å². The van der Waals surface area contributed by atoms with Crippen molar-refractivity contribution in [2.24, 2.45) is 11.8 Å². The molecule has 1 aliphatic rings. The van der Waals surface area contributed by atoms with E-state index in [1.165, 1.54) is 16.8 Å². The van der Waals surface area contributed by atoms with Gasteiger partial charge in [-0.2, -0.15) is 0 Å². The Hall–Kier alpha value is -1.40. The fourth-order valence-electron chi connectivity index (χ4n) is 2.18. The Morgan fingerprint density at radius 3 is 2.65 bits per heavy atom. The molecular weight excluding hydrogens is 224 g/mol. The van der Waals surface area contributed by atoms with Crippen LogP contribution in [-0.4, -0.2) is 27.4 Å². The van der Waals surface area contributed by atoms with E-state index in [9.17, 15) is 9.59 Å². The summed E-state index contributed by atoms with van der Waals surface area (Å²) in [5.41, 5.74) is -0.913. The number of nitrogens with zero attached hydrogens (tertiary/aromatic N) is 1. The van der Waals surface area contributed by atoms with Gasteiger partial charge in [-0.1, -0.05) is 13.8 Å². The van der Waals surface area contributed by atoms with Gasteiger partial charge in [-0.15, -0.1) is 0 Å². The van der Waals surface area contributed by atoms with E-state index in [1.54, 1.807) is 0 Å². The summed E-state index contributed by atoms with van der Waals surface area (Å²) in [5.74, 6) is 0.250. The number of aromatic nitrogens is 2. The van der Waals surface area contributed by atoms with Crippen molar-refractivity contribution in [2.45, 2.75) is 26.2 Å². The molecule has 1 saturated heterocycles. The minimum Gasteiger partial charge on any atom is -0.394 e. The fourth-order valence-corrected chi connectivity index (χ4v) is 2.18. The third kappa shape index (κ3) is 2.05. The van der Waals surface area contributed by atoms with Crippen molar-refractivity contribution in [3.8, 4) is 0 Å². The molecule has 2 rings (SSSR count). The molecule has 0 radical (unpaired) electrons. The van der Waals surface area contributed by atoms with Crippen molar-refractivity contribution in [3.05, 3.63) is 33.1 Å². The summed E-state index contributed by atoms with van der Waals surface area (Å²) in [5, 5.41) is 9.16. The molecule has 0 spiro atoms. The quantitative estimate of drug-likeness (QED) is 0.743. The third-order valence-electron chi connectivity index (χ3n) is 3.49. The second-order valence-electron chi connectivity index (χ2n) is 4.48. The number of aliphatic hydroxyl groups is 1. The number of rotatable bonds is 2. The number of aliphatic hydroxyl groups excluding tert-OH is 1. The lowest BCUT2D eigenvalue weighted by molar-refractivity contribution is -0.0376. The summed E-state index contributed by atoms with van der Waals surface area (Å²) < 4.78 is 6.99. The average molecular weight is 240 g/mol. The standard InChI is InChI=1S/C11H16N2O4/c1-6-7(2)10(17-8(6)5-14)13-4-3-9(15)12-11(13)16/h3-4,6-8,10,14H,5H2,1-2H3,(H,12,15,16)/t6-,7+,8+,10+/m0/s1. The highest BCUT2D eigenvalue weighted by Gasteiger charge is 2.39. The summed E-state index contributed by atoms with van der Waals surface area (Å²) in [6.45, 7) is 3.87. The molecule has 6 heteroatoms. The number of ether oxygens (including phenoxy) is 1. The van der Waals surface area contributed by atoms with Crippen molar-refractivity contribution >= 4 is 0 Å². The Bertz CT molecular complexity index is 507. The van der Waals surface area contributed by atoms with E-state index >= 15 is 0 Å². The van der Waals surface area contributed by atoms with Crippen LogP contribution in [0.3, 0.4) is 0 Å². The van der Waals surface area contributed by atoms with E-state index in [-0.39, 0.29) is 24.5 Å². The normalized spacial score (nSPS) is 32.9. The maximum Gasteiger partial charge on any atom is 0.330 e. The lowest BCUT2D eigenvalue weighted by atomic mass is 9.93. The van der Waals surface area contributed by atoms with Gasteiger partial charge in [0.1, 0.15) is 6.23 Å². The van der Waals surface area contributed by atoms with Gasteiger partial charge in [0.05, 0.1) is 12.7 Å². The number of nitrogens with one attached hydrogen (secondary N) is 1. The lowest BCUT2D eigenvalue weighted by Crippen LogP contribution is -2.33. The summed E-state index contributed by atoms with van der Waals surface area (Å²) in [6.07, 6.45) is 0.717. The van der Waals surface area contributed by atoms with Gasteiger partial charge in [-0.05, 0) is 5.92 Å². The topological polar surface area (TPSA) is 84.3 Å². The molecule has 0 aliphatic carbocycles. The summed E-state index contributed by atoms with van der Waals surface area (Å²) >= 11 is 0. The van der Waals surface area contributed by atoms with Crippen molar-refractivity contribution in [1.82, 2.24) is 9.55 Å². The SMILES string of the molecule is C[C@@H]1[C@H](C)[C@@H](CO)O[C@H]1n1ccc(=O)[nH]c1=O. The van der Waals surface area contributed by atoms with E-state index in [2.05, 4.69) is 4.98 Å². The molecule has 0 saturated carbocycles. The molecule has 0 amide bonds. The van der Waals surface area contributed by atoms with Gasteiger partial charge >= 0.3 is 5.69 Å². The van der Waals surface area contributed by atoms with Crippen LogP contribution in [0.5, 0.6) is 0 Å².